The zero-order valence-electron chi connectivity index (χ0n) is 10.5. The third-order valence-corrected chi connectivity index (χ3v) is 5.18. The molecule has 0 aliphatic heterocycles. The van der Waals surface area contributed by atoms with Crippen molar-refractivity contribution in [1.29, 1.82) is 0 Å². The molecule has 1 aromatic carbocycles. The fourth-order valence-electron chi connectivity index (χ4n) is 2.57. The first kappa shape index (κ1) is 13.1. The van der Waals surface area contributed by atoms with Crippen molar-refractivity contribution in [3.05, 3.63) is 56.0 Å². The van der Waals surface area contributed by atoms with Gasteiger partial charge < -0.3 is 5.73 Å². The van der Waals surface area contributed by atoms with Gasteiger partial charge in [0, 0.05) is 20.8 Å². The smallest absolute Gasteiger partial charge is 0.126 e. The minimum absolute atomic E-state index is 0.149. The van der Waals surface area contributed by atoms with Gasteiger partial charge >= 0.3 is 0 Å². The summed E-state index contributed by atoms with van der Waals surface area (Å²) in [4.78, 5) is 2.61. The van der Waals surface area contributed by atoms with Gasteiger partial charge in [-0.1, -0.05) is 11.6 Å². The molecule has 3 rings (SSSR count). The number of hydrogen-bond acceptors (Lipinski definition) is 2. The summed E-state index contributed by atoms with van der Waals surface area (Å²) in [7, 11) is 0. The van der Waals surface area contributed by atoms with E-state index >= 15 is 0 Å². The van der Waals surface area contributed by atoms with Gasteiger partial charge in [-0.2, -0.15) is 0 Å². The summed E-state index contributed by atoms with van der Waals surface area (Å²) < 4.78 is 13.7. The van der Waals surface area contributed by atoms with Gasteiger partial charge in [-0.15, -0.1) is 11.3 Å². The van der Waals surface area contributed by atoms with Crippen molar-refractivity contribution < 1.29 is 4.39 Å². The quantitative estimate of drug-likeness (QED) is 0.899. The van der Waals surface area contributed by atoms with Crippen LogP contribution in [0.25, 0.3) is 0 Å². The molecule has 0 saturated heterocycles. The highest BCUT2D eigenvalue weighted by molar-refractivity contribution is 7.12. The summed E-state index contributed by atoms with van der Waals surface area (Å²) in [6, 6.07) is 6.67. The van der Waals surface area contributed by atoms with Gasteiger partial charge in [-0.25, -0.2) is 4.39 Å². The van der Waals surface area contributed by atoms with E-state index in [1.807, 2.05) is 0 Å². The lowest BCUT2D eigenvalue weighted by atomic mass is 10.0. The Labute approximate surface area is 121 Å². The maximum absolute atomic E-state index is 13.7. The van der Waals surface area contributed by atoms with Crippen molar-refractivity contribution in [2.24, 2.45) is 5.73 Å². The Balaban J connectivity index is 1.80. The third kappa shape index (κ3) is 2.69. The number of thiophene rings is 1. The molecule has 4 heteroatoms. The highest BCUT2D eigenvalue weighted by atomic mass is 35.5. The largest absolute Gasteiger partial charge is 0.323 e. The molecule has 1 aliphatic carbocycles. The lowest BCUT2D eigenvalue weighted by Gasteiger charge is -2.11. The topological polar surface area (TPSA) is 26.0 Å². The molecule has 2 aromatic rings. The zero-order valence-corrected chi connectivity index (χ0v) is 12.0. The highest BCUT2D eigenvalue weighted by Gasteiger charge is 2.19. The predicted molar refractivity (Wildman–Crippen MR) is 78.4 cm³/mol. The minimum atomic E-state index is -0.232. The zero-order chi connectivity index (χ0) is 13.4. The normalized spacial score (nSPS) is 15.5. The van der Waals surface area contributed by atoms with Crippen LogP contribution in [0.5, 0.6) is 0 Å². The molecule has 0 amide bonds. The number of rotatable bonds is 3. The van der Waals surface area contributed by atoms with Crippen LogP contribution in [0.15, 0.2) is 24.3 Å². The van der Waals surface area contributed by atoms with Crippen LogP contribution in [0.3, 0.4) is 0 Å². The van der Waals surface area contributed by atoms with Crippen molar-refractivity contribution in [1.82, 2.24) is 0 Å². The van der Waals surface area contributed by atoms with E-state index in [1.54, 1.807) is 23.5 Å². The molecule has 0 saturated carbocycles. The summed E-state index contributed by atoms with van der Waals surface area (Å²) in [5.41, 5.74) is 8.23. The van der Waals surface area contributed by atoms with Gasteiger partial charge in [-0.05, 0) is 61.1 Å². The van der Waals surface area contributed by atoms with E-state index < -0.39 is 0 Å². The molecular weight excluding hydrogens is 281 g/mol. The van der Waals surface area contributed by atoms with Gasteiger partial charge in [0.15, 0.2) is 0 Å². The van der Waals surface area contributed by atoms with Crippen molar-refractivity contribution >= 4 is 22.9 Å². The molecule has 100 valence electrons. The monoisotopic (exact) mass is 295 g/mol. The number of benzene rings is 1. The number of fused-ring (bicyclic) bond motifs is 1. The molecular formula is C15H15ClFNS. The standard InChI is InChI=1S/C15H15ClFNS/c16-11-4-5-12(17)10(6-11)7-13(18)15-8-9-2-1-3-14(9)19-15/h4-6,8,13H,1-3,7,18H2. The van der Waals surface area contributed by atoms with E-state index in [1.165, 1.54) is 22.9 Å². The van der Waals surface area contributed by atoms with Crippen LogP contribution >= 0.6 is 22.9 Å². The van der Waals surface area contributed by atoms with Gasteiger partial charge in [0.2, 0.25) is 0 Å². The van der Waals surface area contributed by atoms with Crippen LogP contribution in [0, 0.1) is 5.82 Å². The highest BCUT2D eigenvalue weighted by Crippen LogP contribution is 2.34. The number of halogens is 2. The Bertz CT molecular complexity index is 587. The van der Waals surface area contributed by atoms with Crippen LogP contribution in [0.1, 0.15) is 33.3 Å². The first-order valence-electron chi connectivity index (χ1n) is 6.44. The molecule has 1 nitrogen and oxygen atoms in total. The van der Waals surface area contributed by atoms with Gasteiger partial charge in [0.25, 0.3) is 0 Å². The Morgan fingerprint density at radius 2 is 2.16 bits per heavy atom. The Kier molecular flexibility index (Phi) is 3.61. The molecule has 19 heavy (non-hydrogen) atoms. The van der Waals surface area contributed by atoms with Crippen LogP contribution < -0.4 is 5.73 Å². The average molecular weight is 296 g/mol. The summed E-state index contributed by atoms with van der Waals surface area (Å²) >= 11 is 7.68. The maximum Gasteiger partial charge on any atom is 0.126 e. The number of aryl methyl sites for hydroxylation is 2. The third-order valence-electron chi connectivity index (χ3n) is 3.58. The lowest BCUT2D eigenvalue weighted by molar-refractivity contribution is 0.595. The first-order valence-corrected chi connectivity index (χ1v) is 7.64. The number of hydrogen-bond donors (Lipinski definition) is 1. The molecule has 1 heterocycles. The van der Waals surface area contributed by atoms with Crippen molar-refractivity contribution in [3.8, 4) is 0 Å². The van der Waals surface area contributed by atoms with E-state index in [0.717, 1.165) is 17.7 Å². The van der Waals surface area contributed by atoms with Gasteiger partial charge in [0.1, 0.15) is 5.82 Å². The molecule has 0 bridgehead atoms. The summed E-state index contributed by atoms with van der Waals surface area (Å²) in [5, 5.41) is 0.553. The van der Waals surface area contributed by atoms with Crippen LogP contribution in [-0.2, 0) is 19.3 Å². The second-order valence-corrected chi connectivity index (χ2v) is 6.60. The summed E-state index contributed by atoms with van der Waals surface area (Å²) in [6.45, 7) is 0. The Morgan fingerprint density at radius 3 is 2.95 bits per heavy atom. The molecule has 0 spiro atoms. The van der Waals surface area contributed by atoms with Crippen molar-refractivity contribution in [3.63, 3.8) is 0 Å². The van der Waals surface area contributed by atoms with E-state index in [0.29, 0.717) is 17.0 Å². The average Bonchev–Trinajstić information content (AvgIpc) is 2.94. The lowest BCUT2D eigenvalue weighted by Crippen LogP contribution is -2.12. The molecule has 1 atom stereocenters. The van der Waals surface area contributed by atoms with Gasteiger partial charge in [0.05, 0.1) is 0 Å². The molecule has 0 fully saturated rings. The predicted octanol–water partition coefficient (Wildman–Crippen LogP) is 4.27. The SMILES string of the molecule is NC(Cc1cc(Cl)ccc1F)c1cc2c(s1)CCC2. The van der Waals surface area contributed by atoms with Crippen LogP contribution in [0.4, 0.5) is 4.39 Å². The fraction of sp³-hybridized carbons (Fsp3) is 0.333. The Hall–Kier alpha value is -0.900. The van der Waals surface area contributed by atoms with E-state index in [4.69, 9.17) is 17.3 Å². The van der Waals surface area contributed by atoms with Gasteiger partial charge in [-0.3, -0.25) is 0 Å². The molecule has 2 N–H and O–H groups in total. The molecule has 1 aliphatic rings. The van der Waals surface area contributed by atoms with E-state index in [2.05, 4.69) is 6.07 Å². The van der Waals surface area contributed by atoms with Crippen molar-refractivity contribution in [2.75, 3.05) is 0 Å². The fourth-order valence-corrected chi connectivity index (χ4v) is 4.03. The first-order chi connectivity index (χ1) is 9.13. The maximum atomic E-state index is 13.7. The van der Waals surface area contributed by atoms with E-state index in [-0.39, 0.29) is 11.9 Å². The summed E-state index contributed by atoms with van der Waals surface area (Å²) in [6.07, 6.45) is 4.06. The van der Waals surface area contributed by atoms with Crippen LogP contribution in [0.2, 0.25) is 5.02 Å². The van der Waals surface area contributed by atoms with Crippen LogP contribution in [-0.4, -0.2) is 0 Å². The summed E-state index contributed by atoms with van der Waals surface area (Å²) in [5.74, 6) is -0.232. The molecule has 1 aromatic heterocycles. The van der Waals surface area contributed by atoms with E-state index in [9.17, 15) is 4.39 Å². The number of nitrogens with two attached hydrogens (primary N) is 1. The Morgan fingerprint density at radius 1 is 1.32 bits per heavy atom. The minimum Gasteiger partial charge on any atom is -0.323 e. The van der Waals surface area contributed by atoms with Crippen molar-refractivity contribution in [2.45, 2.75) is 31.7 Å². The second kappa shape index (κ2) is 5.23. The molecule has 0 radical (unpaired) electrons. The second-order valence-electron chi connectivity index (χ2n) is 5.00. The molecule has 1 unspecified atom stereocenters.